The van der Waals surface area contributed by atoms with Gasteiger partial charge >= 0.3 is 5.97 Å². The van der Waals surface area contributed by atoms with Gasteiger partial charge in [0.05, 0.1) is 13.0 Å². The Kier molecular flexibility index (Phi) is 6.36. The zero-order valence-corrected chi connectivity index (χ0v) is 9.55. The van der Waals surface area contributed by atoms with Gasteiger partial charge in [-0.15, -0.1) is 0 Å². The van der Waals surface area contributed by atoms with Gasteiger partial charge in [-0.3, -0.25) is 4.79 Å². The Bertz CT molecular complexity index is 179. The highest BCUT2D eigenvalue weighted by Gasteiger charge is 2.12. The van der Waals surface area contributed by atoms with Crippen LogP contribution in [0.15, 0.2) is 0 Å². The third kappa shape index (κ3) is 5.74. The lowest BCUT2D eigenvalue weighted by molar-refractivity contribution is -0.143. The van der Waals surface area contributed by atoms with Crippen LogP contribution in [0.2, 0.25) is 0 Å². The van der Waals surface area contributed by atoms with Gasteiger partial charge in [-0.1, -0.05) is 6.92 Å². The molecule has 0 spiro atoms. The summed E-state index contributed by atoms with van der Waals surface area (Å²) in [4.78, 5) is 11.2. The van der Waals surface area contributed by atoms with Gasteiger partial charge in [0, 0.05) is 12.6 Å². The van der Waals surface area contributed by atoms with Gasteiger partial charge in [-0.05, 0) is 32.4 Å². The first kappa shape index (κ1) is 12.5. The molecule has 4 nitrogen and oxygen atoms in total. The molecule has 1 fully saturated rings. The Balaban J connectivity index is 1.97. The van der Waals surface area contributed by atoms with Crippen molar-refractivity contribution in [2.75, 3.05) is 26.2 Å². The van der Waals surface area contributed by atoms with Gasteiger partial charge in [0.2, 0.25) is 0 Å². The largest absolute Gasteiger partial charge is 0.466 e. The summed E-state index contributed by atoms with van der Waals surface area (Å²) in [6, 6.07) is 0.574. The van der Waals surface area contributed by atoms with Crippen LogP contribution in [-0.4, -0.2) is 38.3 Å². The van der Waals surface area contributed by atoms with Gasteiger partial charge in [0.25, 0.3) is 0 Å². The van der Waals surface area contributed by atoms with E-state index in [0.29, 0.717) is 19.1 Å². The van der Waals surface area contributed by atoms with Crippen molar-refractivity contribution in [3.63, 3.8) is 0 Å². The zero-order chi connectivity index (χ0) is 10.9. The number of rotatable bonds is 6. The quantitative estimate of drug-likeness (QED) is 0.638. The molecule has 2 N–H and O–H groups in total. The molecule has 15 heavy (non-hydrogen) atoms. The van der Waals surface area contributed by atoms with E-state index in [1.165, 1.54) is 0 Å². The molecule has 0 aromatic heterocycles. The van der Waals surface area contributed by atoms with Crippen molar-refractivity contribution < 1.29 is 9.53 Å². The summed E-state index contributed by atoms with van der Waals surface area (Å²) in [5.74, 6) is -0.0849. The number of ether oxygens (including phenoxy) is 1. The zero-order valence-electron chi connectivity index (χ0n) is 9.55. The molecule has 0 aromatic rings. The minimum Gasteiger partial charge on any atom is -0.466 e. The van der Waals surface area contributed by atoms with Crippen molar-refractivity contribution in [1.29, 1.82) is 0 Å². The molecule has 0 saturated carbocycles. The van der Waals surface area contributed by atoms with E-state index in [-0.39, 0.29) is 5.97 Å². The van der Waals surface area contributed by atoms with Gasteiger partial charge in [0.15, 0.2) is 0 Å². The van der Waals surface area contributed by atoms with Gasteiger partial charge < -0.3 is 15.4 Å². The van der Waals surface area contributed by atoms with Crippen molar-refractivity contribution in [2.45, 2.75) is 38.6 Å². The van der Waals surface area contributed by atoms with E-state index < -0.39 is 0 Å². The lowest BCUT2D eigenvalue weighted by atomic mass is 10.1. The van der Waals surface area contributed by atoms with E-state index in [1.807, 2.05) is 6.92 Å². The average Bonchev–Trinajstić information content (AvgIpc) is 2.28. The second-order valence-electron chi connectivity index (χ2n) is 3.95. The second-order valence-corrected chi connectivity index (χ2v) is 3.95. The van der Waals surface area contributed by atoms with Gasteiger partial charge in [-0.2, -0.15) is 0 Å². The standard InChI is InChI=1S/C11H22N2O2/c1-2-9-15-11(14)5-8-13-10-3-6-12-7-4-10/h10,12-13H,2-9H2,1H3. The topological polar surface area (TPSA) is 50.4 Å². The maximum absolute atomic E-state index is 11.2. The summed E-state index contributed by atoms with van der Waals surface area (Å²) >= 11 is 0. The first-order valence-electron chi connectivity index (χ1n) is 5.92. The Morgan fingerprint density at radius 2 is 2.20 bits per heavy atom. The fraction of sp³-hybridized carbons (Fsp3) is 0.909. The summed E-state index contributed by atoms with van der Waals surface area (Å²) < 4.78 is 4.99. The number of carbonyl (C=O) groups is 1. The number of carbonyl (C=O) groups excluding carboxylic acids is 1. The van der Waals surface area contributed by atoms with Crippen molar-refractivity contribution in [3.05, 3.63) is 0 Å². The number of esters is 1. The monoisotopic (exact) mass is 214 g/mol. The summed E-state index contributed by atoms with van der Waals surface area (Å²) in [5.41, 5.74) is 0. The van der Waals surface area contributed by atoms with Crippen LogP contribution in [0.25, 0.3) is 0 Å². The van der Waals surface area contributed by atoms with Crippen LogP contribution in [0.5, 0.6) is 0 Å². The highest BCUT2D eigenvalue weighted by atomic mass is 16.5. The van der Waals surface area contributed by atoms with Gasteiger partial charge in [-0.25, -0.2) is 0 Å². The predicted octanol–water partition coefficient (Wildman–Crippen LogP) is 0.671. The maximum atomic E-state index is 11.2. The predicted molar refractivity (Wildman–Crippen MR) is 59.8 cm³/mol. The highest BCUT2D eigenvalue weighted by Crippen LogP contribution is 2.01. The smallest absolute Gasteiger partial charge is 0.307 e. The number of hydrogen-bond acceptors (Lipinski definition) is 4. The molecular weight excluding hydrogens is 192 g/mol. The number of nitrogens with one attached hydrogen (secondary N) is 2. The van der Waals surface area contributed by atoms with Crippen LogP contribution in [0.3, 0.4) is 0 Å². The van der Waals surface area contributed by atoms with Crippen LogP contribution in [0.4, 0.5) is 0 Å². The summed E-state index contributed by atoms with van der Waals surface area (Å²) in [7, 11) is 0. The molecular formula is C11H22N2O2. The first-order chi connectivity index (χ1) is 7.33. The third-order valence-electron chi connectivity index (χ3n) is 2.57. The minimum absolute atomic E-state index is 0.0849. The van der Waals surface area contributed by atoms with Crippen LogP contribution < -0.4 is 10.6 Å². The Morgan fingerprint density at radius 1 is 1.47 bits per heavy atom. The van der Waals surface area contributed by atoms with E-state index in [4.69, 9.17) is 4.74 Å². The lowest BCUT2D eigenvalue weighted by Crippen LogP contribution is -2.40. The third-order valence-corrected chi connectivity index (χ3v) is 2.57. The molecule has 0 atom stereocenters. The molecule has 0 aliphatic carbocycles. The molecule has 0 aromatic carbocycles. The van der Waals surface area contributed by atoms with Gasteiger partial charge in [0.1, 0.15) is 0 Å². The van der Waals surface area contributed by atoms with E-state index >= 15 is 0 Å². The molecule has 0 amide bonds. The number of piperidine rings is 1. The lowest BCUT2D eigenvalue weighted by Gasteiger charge is -2.23. The molecule has 0 radical (unpaired) electrons. The fourth-order valence-corrected chi connectivity index (χ4v) is 1.69. The van der Waals surface area contributed by atoms with E-state index in [2.05, 4.69) is 10.6 Å². The molecule has 1 aliphatic heterocycles. The minimum atomic E-state index is -0.0849. The molecule has 1 aliphatic rings. The van der Waals surface area contributed by atoms with Crippen LogP contribution in [0.1, 0.15) is 32.6 Å². The van der Waals surface area contributed by atoms with E-state index in [0.717, 1.165) is 38.9 Å². The van der Waals surface area contributed by atoms with Crippen LogP contribution >= 0.6 is 0 Å². The average molecular weight is 214 g/mol. The fourth-order valence-electron chi connectivity index (χ4n) is 1.69. The molecule has 4 heteroatoms. The molecule has 0 bridgehead atoms. The number of hydrogen-bond donors (Lipinski definition) is 2. The van der Waals surface area contributed by atoms with Crippen molar-refractivity contribution in [2.24, 2.45) is 0 Å². The van der Waals surface area contributed by atoms with Crippen LogP contribution in [-0.2, 0) is 9.53 Å². The second kappa shape index (κ2) is 7.65. The molecule has 1 saturated heterocycles. The van der Waals surface area contributed by atoms with Crippen molar-refractivity contribution >= 4 is 5.97 Å². The van der Waals surface area contributed by atoms with E-state index in [1.54, 1.807) is 0 Å². The SMILES string of the molecule is CCCOC(=O)CCNC1CCNCC1. The van der Waals surface area contributed by atoms with E-state index in [9.17, 15) is 4.79 Å². The first-order valence-corrected chi connectivity index (χ1v) is 5.92. The summed E-state index contributed by atoms with van der Waals surface area (Å²) in [5, 5.41) is 6.70. The van der Waals surface area contributed by atoms with Crippen molar-refractivity contribution in [1.82, 2.24) is 10.6 Å². The molecule has 1 heterocycles. The van der Waals surface area contributed by atoms with Crippen LogP contribution in [0, 0.1) is 0 Å². The maximum Gasteiger partial charge on any atom is 0.307 e. The summed E-state index contributed by atoms with van der Waals surface area (Å²) in [6.45, 7) is 5.45. The highest BCUT2D eigenvalue weighted by molar-refractivity contribution is 5.69. The Labute approximate surface area is 91.8 Å². The molecule has 1 rings (SSSR count). The summed E-state index contributed by atoms with van der Waals surface area (Å²) in [6.07, 6.45) is 3.70. The molecule has 0 unspecified atom stereocenters. The normalized spacial score (nSPS) is 17.7. The molecule has 88 valence electrons. The Hall–Kier alpha value is -0.610. The Morgan fingerprint density at radius 3 is 2.87 bits per heavy atom. The van der Waals surface area contributed by atoms with Crippen molar-refractivity contribution in [3.8, 4) is 0 Å².